The van der Waals surface area contributed by atoms with E-state index in [0.717, 1.165) is 19.8 Å². The van der Waals surface area contributed by atoms with Crippen LogP contribution in [0.2, 0.25) is 0 Å². The van der Waals surface area contributed by atoms with Crippen LogP contribution in [0.25, 0.3) is 0 Å². The van der Waals surface area contributed by atoms with Crippen molar-refractivity contribution in [3.05, 3.63) is 34.9 Å². The van der Waals surface area contributed by atoms with Crippen LogP contribution in [-0.2, 0) is 4.74 Å². The highest BCUT2D eigenvalue weighted by atomic mass is 16.5. The topological polar surface area (TPSA) is 21.3 Å². The van der Waals surface area contributed by atoms with Gasteiger partial charge in [0.1, 0.15) is 0 Å². The van der Waals surface area contributed by atoms with E-state index in [2.05, 4.69) is 44.3 Å². The monoisotopic (exact) mass is 233 g/mol. The average molecular weight is 233 g/mol. The molecule has 2 atom stereocenters. The maximum absolute atomic E-state index is 5.53. The Bertz CT molecular complexity index is 349. The number of nitrogens with one attached hydrogen (secondary N) is 1. The van der Waals surface area contributed by atoms with Crippen molar-refractivity contribution >= 4 is 0 Å². The number of rotatable bonds is 4. The standard InChI is InChI=1S/C15H23NO/c1-4-16-15(13-5-6-17-10-13)14-8-11(2)7-12(3)9-14/h7-9,13,15-16H,4-6,10H2,1-3H3. The van der Waals surface area contributed by atoms with Crippen LogP contribution in [0.15, 0.2) is 18.2 Å². The van der Waals surface area contributed by atoms with Crippen LogP contribution in [0, 0.1) is 19.8 Å². The lowest BCUT2D eigenvalue weighted by molar-refractivity contribution is 0.177. The second kappa shape index (κ2) is 5.65. The summed E-state index contributed by atoms with van der Waals surface area (Å²) in [6, 6.07) is 7.29. The van der Waals surface area contributed by atoms with E-state index in [9.17, 15) is 0 Å². The number of ether oxygens (including phenoxy) is 1. The summed E-state index contributed by atoms with van der Waals surface area (Å²) < 4.78 is 5.53. The fourth-order valence-corrected chi connectivity index (χ4v) is 2.78. The molecule has 2 nitrogen and oxygen atoms in total. The molecule has 1 N–H and O–H groups in total. The van der Waals surface area contributed by atoms with Gasteiger partial charge in [0.05, 0.1) is 6.61 Å². The third-order valence-corrected chi connectivity index (χ3v) is 3.46. The summed E-state index contributed by atoms with van der Waals surface area (Å²) in [5, 5.41) is 3.62. The van der Waals surface area contributed by atoms with Gasteiger partial charge in [0, 0.05) is 18.6 Å². The molecular formula is C15H23NO. The van der Waals surface area contributed by atoms with E-state index in [4.69, 9.17) is 4.74 Å². The Morgan fingerprint density at radius 1 is 1.29 bits per heavy atom. The van der Waals surface area contributed by atoms with Crippen molar-refractivity contribution in [1.29, 1.82) is 0 Å². The van der Waals surface area contributed by atoms with Crippen LogP contribution in [0.4, 0.5) is 0 Å². The van der Waals surface area contributed by atoms with Crippen molar-refractivity contribution in [1.82, 2.24) is 5.32 Å². The van der Waals surface area contributed by atoms with E-state index < -0.39 is 0 Å². The van der Waals surface area contributed by atoms with Crippen LogP contribution in [0.5, 0.6) is 0 Å². The average Bonchev–Trinajstić information content (AvgIpc) is 2.77. The first-order chi connectivity index (χ1) is 8.20. The lowest BCUT2D eigenvalue weighted by Gasteiger charge is -2.24. The molecule has 2 heteroatoms. The molecule has 1 saturated heterocycles. The Kier molecular flexibility index (Phi) is 4.19. The fourth-order valence-electron chi connectivity index (χ4n) is 2.78. The third kappa shape index (κ3) is 3.08. The Balaban J connectivity index is 2.24. The van der Waals surface area contributed by atoms with Crippen molar-refractivity contribution in [3.63, 3.8) is 0 Å². The lowest BCUT2D eigenvalue weighted by atomic mass is 9.90. The van der Waals surface area contributed by atoms with Gasteiger partial charge in [-0.25, -0.2) is 0 Å². The van der Waals surface area contributed by atoms with Crippen molar-refractivity contribution < 1.29 is 4.74 Å². The van der Waals surface area contributed by atoms with Gasteiger partial charge in [-0.05, 0) is 32.4 Å². The molecule has 2 rings (SSSR count). The minimum absolute atomic E-state index is 0.445. The van der Waals surface area contributed by atoms with E-state index in [1.54, 1.807) is 0 Å². The lowest BCUT2D eigenvalue weighted by Crippen LogP contribution is -2.28. The largest absolute Gasteiger partial charge is 0.381 e. The maximum Gasteiger partial charge on any atom is 0.0513 e. The molecule has 2 unspecified atom stereocenters. The molecule has 1 heterocycles. The Morgan fingerprint density at radius 3 is 2.53 bits per heavy atom. The van der Waals surface area contributed by atoms with Crippen molar-refractivity contribution in [3.8, 4) is 0 Å². The normalized spacial score (nSPS) is 21.7. The van der Waals surface area contributed by atoms with Gasteiger partial charge in [-0.15, -0.1) is 0 Å². The molecule has 0 saturated carbocycles. The first-order valence-electron chi connectivity index (χ1n) is 6.60. The Hall–Kier alpha value is -0.860. The van der Waals surface area contributed by atoms with Crippen molar-refractivity contribution in [2.24, 2.45) is 5.92 Å². The molecule has 17 heavy (non-hydrogen) atoms. The van der Waals surface area contributed by atoms with Gasteiger partial charge in [0.15, 0.2) is 0 Å². The molecule has 0 radical (unpaired) electrons. The highest BCUT2D eigenvalue weighted by molar-refractivity contribution is 5.31. The minimum Gasteiger partial charge on any atom is -0.381 e. The molecule has 94 valence electrons. The summed E-state index contributed by atoms with van der Waals surface area (Å²) in [5.41, 5.74) is 4.11. The van der Waals surface area contributed by atoms with E-state index in [0.29, 0.717) is 12.0 Å². The Morgan fingerprint density at radius 2 is 2.00 bits per heavy atom. The summed E-state index contributed by atoms with van der Waals surface area (Å²) in [6.07, 6.45) is 1.17. The molecule has 0 bridgehead atoms. The highest BCUT2D eigenvalue weighted by Gasteiger charge is 2.26. The van der Waals surface area contributed by atoms with Gasteiger partial charge in [0.2, 0.25) is 0 Å². The summed E-state index contributed by atoms with van der Waals surface area (Å²) in [6.45, 7) is 9.33. The third-order valence-electron chi connectivity index (χ3n) is 3.46. The molecular weight excluding hydrogens is 210 g/mol. The van der Waals surface area contributed by atoms with Gasteiger partial charge in [0.25, 0.3) is 0 Å². The molecule has 0 aromatic heterocycles. The van der Waals surface area contributed by atoms with Crippen LogP contribution < -0.4 is 5.32 Å². The summed E-state index contributed by atoms with van der Waals surface area (Å²) >= 11 is 0. The Labute approximate surface area is 104 Å². The molecule has 0 amide bonds. The molecule has 1 fully saturated rings. The molecule has 0 spiro atoms. The SMILES string of the molecule is CCNC(c1cc(C)cc(C)c1)C1CCOC1. The van der Waals surface area contributed by atoms with Gasteiger partial charge in [-0.1, -0.05) is 36.2 Å². The number of aryl methyl sites for hydroxylation is 2. The van der Waals surface area contributed by atoms with Crippen LogP contribution in [-0.4, -0.2) is 19.8 Å². The quantitative estimate of drug-likeness (QED) is 0.863. The smallest absolute Gasteiger partial charge is 0.0513 e. The molecule has 1 aliphatic heterocycles. The fraction of sp³-hybridized carbons (Fsp3) is 0.600. The zero-order chi connectivity index (χ0) is 12.3. The maximum atomic E-state index is 5.53. The molecule has 1 aromatic rings. The first kappa shape index (κ1) is 12.6. The van der Waals surface area contributed by atoms with Gasteiger partial charge in [-0.3, -0.25) is 0 Å². The van der Waals surface area contributed by atoms with E-state index in [-0.39, 0.29) is 0 Å². The van der Waals surface area contributed by atoms with Crippen molar-refractivity contribution in [2.45, 2.75) is 33.2 Å². The van der Waals surface area contributed by atoms with E-state index in [1.807, 2.05) is 0 Å². The zero-order valence-corrected chi connectivity index (χ0v) is 11.1. The summed E-state index contributed by atoms with van der Waals surface area (Å²) in [7, 11) is 0. The predicted molar refractivity (Wildman–Crippen MR) is 71.3 cm³/mol. The van der Waals surface area contributed by atoms with Crippen LogP contribution >= 0.6 is 0 Å². The molecule has 1 aromatic carbocycles. The molecule has 0 aliphatic carbocycles. The zero-order valence-electron chi connectivity index (χ0n) is 11.1. The summed E-state index contributed by atoms with van der Waals surface area (Å²) in [4.78, 5) is 0. The van der Waals surface area contributed by atoms with Gasteiger partial charge >= 0.3 is 0 Å². The molecule has 1 aliphatic rings. The van der Waals surface area contributed by atoms with E-state index in [1.165, 1.54) is 23.1 Å². The number of hydrogen-bond acceptors (Lipinski definition) is 2. The van der Waals surface area contributed by atoms with Crippen LogP contribution in [0.3, 0.4) is 0 Å². The minimum atomic E-state index is 0.445. The highest BCUT2D eigenvalue weighted by Crippen LogP contribution is 2.29. The second-order valence-electron chi connectivity index (χ2n) is 5.08. The van der Waals surface area contributed by atoms with Crippen molar-refractivity contribution in [2.75, 3.05) is 19.8 Å². The second-order valence-corrected chi connectivity index (χ2v) is 5.08. The summed E-state index contributed by atoms with van der Waals surface area (Å²) in [5.74, 6) is 0.621. The number of benzene rings is 1. The van der Waals surface area contributed by atoms with E-state index >= 15 is 0 Å². The predicted octanol–water partition coefficient (Wildman–Crippen LogP) is 2.99. The van der Waals surface area contributed by atoms with Gasteiger partial charge < -0.3 is 10.1 Å². The number of hydrogen-bond donors (Lipinski definition) is 1. The van der Waals surface area contributed by atoms with Crippen LogP contribution in [0.1, 0.15) is 36.1 Å². The first-order valence-corrected chi connectivity index (χ1v) is 6.60. The van der Waals surface area contributed by atoms with Gasteiger partial charge in [-0.2, -0.15) is 0 Å².